The molecule has 17 heavy (non-hydrogen) atoms. The van der Waals surface area contributed by atoms with Gasteiger partial charge in [0.15, 0.2) is 0 Å². The molecule has 7 nitrogen and oxygen atoms in total. The predicted octanol–water partition coefficient (Wildman–Crippen LogP) is 1.61. The van der Waals surface area contributed by atoms with E-state index in [1.54, 1.807) is 0 Å². The number of nitro benzene ring substituents is 1. The molecule has 1 aromatic carbocycles. The molecule has 1 amide bonds. The van der Waals surface area contributed by atoms with Crippen molar-refractivity contribution in [3.63, 3.8) is 0 Å². The molecule has 0 aliphatic rings. The van der Waals surface area contributed by atoms with Gasteiger partial charge in [-0.3, -0.25) is 10.1 Å². The molecule has 0 radical (unpaired) electrons. The van der Waals surface area contributed by atoms with Gasteiger partial charge in [0.05, 0.1) is 4.92 Å². The van der Waals surface area contributed by atoms with Gasteiger partial charge >= 0.3 is 6.09 Å². The number of rotatable bonds is 3. The molecule has 0 aliphatic heterocycles. The lowest BCUT2D eigenvalue weighted by Crippen LogP contribution is -2.10. The number of benzene rings is 1. The minimum absolute atomic E-state index is 0.00634. The van der Waals surface area contributed by atoms with Gasteiger partial charge in [-0.05, 0) is 24.6 Å². The van der Waals surface area contributed by atoms with Crippen LogP contribution in [0, 0.1) is 10.1 Å². The third-order valence-electron chi connectivity index (χ3n) is 1.78. The number of non-ortho nitro benzene ring substituents is 1. The number of nitrogens with zero attached hydrogens (tertiary/aromatic N) is 2. The van der Waals surface area contributed by atoms with Crippen molar-refractivity contribution in [1.29, 1.82) is 0 Å². The first kappa shape index (κ1) is 12.6. The third-order valence-corrected chi connectivity index (χ3v) is 1.78. The fourth-order valence-corrected chi connectivity index (χ4v) is 1.04. The summed E-state index contributed by atoms with van der Waals surface area (Å²) >= 11 is 0. The second kappa shape index (κ2) is 5.59. The quantitative estimate of drug-likeness (QED) is 0.372. The fourth-order valence-electron chi connectivity index (χ4n) is 1.04. The zero-order chi connectivity index (χ0) is 12.8. The minimum Gasteiger partial charge on any atom is -0.443 e. The van der Waals surface area contributed by atoms with Crippen LogP contribution in [0.1, 0.15) is 12.5 Å². The number of nitrogens with two attached hydrogens (primary N) is 1. The Labute approximate surface area is 97.1 Å². The molecule has 2 N–H and O–H groups in total. The van der Waals surface area contributed by atoms with E-state index in [9.17, 15) is 14.9 Å². The molecular weight excluding hydrogens is 226 g/mol. The molecule has 1 aromatic rings. The second-order valence-electron chi connectivity index (χ2n) is 3.23. The van der Waals surface area contributed by atoms with E-state index in [4.69, 9.17) is 10.5 Å². The van der Waals surface area contributed by atoms with Crippen molar-refractivity contribution in [2.24, 2.45) is 10.7 Å². The van der Waals surface area contributed by atoms with E-state index in [1.165, 1.54) is 31.2 Å². The molecule has 0 bridgehead atoms. The van der Waals surface area contributed by atoms with E-state index < -0.39 is 11.0 Å². The van der Waals surface area contributed by atoms with Crippen molar-refractivity contribution in [1.82, 2.24) is 0 Å². The summed E-state index contributed by atoms with van der Waals surface area (Å²) in [4.78, 5) is 24.3. The first-order valence-corrected chi connectivity index (χ1v) is 4.70. The molecular formula is C10H11N3O4. The maximum Gasteiger partial charge on any atom is 0.435 e. The number of hydrogen-bond acceptors (Lipinski definition) is 4. The third kappa shape index (κ3) is 4.29. The molecule has 0 saturated carbocycles. The van der Waals surface area contributed by atoms with Crippen LogP contribution in [0.15, 0.2) is 29.3 Å². The van der Waals surface area contributed by atoms with E-state index in [2.05, 4.69) is 4.99 Å². The number of carbonyl (C=O) groups excluding carboxylic acids is 1. The number of nitro groups is 1. The van der Waals surface area contributed by atoms with Gasteiger partial charge < -0.3 is 10.5 Å². The monoisotopic (exact) mass is 237 g/mol. The standard InChI is InChI=1S/C10H11N3O4/c1-7(11)12-10(14)17-6-8-2-4-9(5-3-8)13(15)16/h2-5H,6H2,1H3,(H2,11,12,14). The highest BCUT2D eigenvalue weighted by atomic mass is 16.6. The Balaban J connectivity index is 2.56. The maximum atomic E-state index is 11.0. The average molecular weight is 237 g/mol. The topological polar surface area (TPSA) is 108 Å². The predicted molar refractivity (Wildman–Crippen MR) is 60.6 cm³/mol. The molecule has 7 heteroatoms. The number of carbonyl (C=O) groups is 1. The highest BCUT2D eigenvalue weighted by molar-refractivity contribution is 5.88. The van der Waals surface area contributed by atoms with E-state index in [0.717, 1.165) is 0 Å². The summed E-state index contributed by atoms with van der Waals surface area (Å²) < 4.78 is 4.76. The van der Waals surface area contributed by atoms with Gasteiger partial charge in [-0.1, -0.05) is 0 Å². The molecule has 0 spiro atoms. The first-order chi connectivity index (χ1) is 7.99. The van der Waals surface area contributed by atoms with Crippen LogP contribution in [0.4, 0.5) is 10.5 Å². The number of amidine groups is 1. The lowest BCUT2D eigenvalue weighted by Gasteiger charge is -2.01. The van der Waals surface area contributed by atoms with Crippen LogP contribution in [-0.2, 0) is 11.3 Å². The Morgan fingerprint density at radius 2 is 2.06 bits per heavy atom. The largest absolute Gasteiger partial charge is 0.443 e. The molecule has 1 rings (SSSR count). The number of amides is 1. The molecule has 0 heterocycles. The van der Waals surface area contributed by atoms with Crippen LogP contribution >= 0.6 is 0 Å². The van der Waals surface area contributed by atoms with E-state index in [1.807, 2.05) is 0 Å². The zero-order valence-corrected chi connectivity index (χ0v) is 9.12. The summed E-state index contributed by atoms with van der Waals surface area (Å²) in [7, 11) is 0. The number of ether oxygens (including phenoxy) is 1. The van der Waals surface area contributed by atoms with Crippen LogP contribution in [-0.4, -0.2) is 16.9 Å². The fraction of sp³-hybridized carbons (Fsp3) is 0.200. The van der Waals surface area contributed by atoms with Crippen molar-refractivity contribution in [2.75, 3.05) is 0 Å². The highest BCUT2D eigenvalue weighted by Gasteiger charge is 2.05. The van der Waals surface area contributed by atoms with Crippen LogP contribution in [0.25, 0.3) is 0 Å². The molecule has 0 atom stereocenters. The van der Waals surface area contributed by atoms with Crippen LogP contribution in [0.3, 0.4) is 0 Å². The van der Waals surface area contributed by atoms with E-state index in [0.29, 0.717) is 5.56 Å². The van der Waals surface area contributed by atoms with Gasteiger partial charge in [0.25, 0.3) is 5.69 Å². The Morgan fingerprint density at radius 3 is 2.53 bits per heavy atom. The Morgan fingerprint density at radius 1 is 1.47 bits per heavy atom. The van der Waals surface area contributed by atoms with Gasteiger partial charge in [-0.15, -0.1) is 0 Å². The molecule has 0 unspecified atom stereocenters. The van der Waals surface area contributed by atoms with Gasteiger partial charge in [0.2, 0.25) is 0 Å². The Bertz CT molecular complexity index is 449. The van der Waals surface area contributed by atoms with Crippen molar-refractivity contribution in [3.8, 4) is 0 Å². The van der Waals surface area contributed by atoms with E-state index >= 15 is 0 Å². The lowest BCUT2D eigenvalue weighted by molar-refractivity contribution is -0.384. The first-order valence-electron chi connectivity index (χ1n) is 4.70. The van der Waals surface area contributed by atoms with Crippen molar-refractivity contribution in [3.05, 3.63) is 39.9 Å². The molecule has 0 aromatic heterocycles. The smallest absolute Gasteiger partial charge is 0.435 e. The van der Waals surface area contributed by atoms with Crippen LogP contribution < -0.4 is 5.73 Å². The van der Waals surface area contributed by atoms with Crippen molar-refractivity contribution < 1.29 is 14.5 Å². The highest BCUT2D eigenvalue weighted by Crippen LogP contribution is 2.12. The van der Waals surface area contributed by atoms with Crippen molar-refractivity contribution >= 4 is 17.6 Å². The van der Waals surface area contributed by atoms with E-state index in [-0.39, 0.29) is 18.1 Å². The molecule has 0 aliphatic carbocycles. The minimum atomic E-state index is -0.789. The lowest BCUT2D eigenvalue weighted by atomic mass is 10.2. The Kier molecular flexibility index (Phi) is 4.15. The molecule has 90 valence electrons. The average Bonchev–Trinajstić information content (AvgIpc) is 2.26. The summed E-state index contributed by atoms with van der Waals surface area (Å²) in [5.74, 6) is 0.110. The van der Waals surface area contributed by atoms with Gasteiger partial charge in [-0.2, -0.15) is 4.99 Å². The van der Waals surface area contributed by atoms with Gasteiger partial charge in [-0.25, -0.2) is 4.79 Å². The normalized spacial score (nSPS) is 11.0. The maximum absolute atomic E-state index is 11.0. The summed E-state index contributed by atoms with van der Waals surface area (Å²) in [6.45, 7) is 1.46. The summed E-state index contributed by atoms with van der Waals surface area (Å²) in [5, 5.41) is 10.4. The summed E-state index contributed by atoms with van der Waals surface area (Å²) in [5.41, 5.74) is 5.81. The second-order valence-corrected chi connectivity index (χ2v) is 3.23. The molecule has 0 saturated heterocycles. The summed E-state index contributed by atoms with van der Waals surface area (Å²) in [6.07, 6.45) is -0.789. The number of aliphatic imine (C=N–C) groups is 1. The zero-order valence-electron chi connectivity index (χ0n) is 9.12. The SMILES string of the molecule is CC(N)=NC(=O)OCc1ccc([N+](=O)[O-])cc1. The summed E-state index contributed by atoms with van der Waals surface area (Å²) in [6, 6.07) is 5.68. The number of hydrogen-bond donors (Lipinski definition) is 1. The Hall–Kier alpha value is -2.44. The van der Waals surface area contributed by atoms with Gasteiger partial charge in [0, 0.05) is 12.1 Å². The van der Waals surface area contributed by atoms with Crippen molar-refractivity contribution in [2.45, 2.75) is 13.5 Å². The molecule has 0 fully saturated rings. The van der Waals surface area contributed by atoms with Gasteiger partial charge in [0.1, 0.15) is 12.4 Å². The van der Waals surface area contributed by atoms with Crippen LogP contribution in [0.5, 0.6) is 0 Å². The van der Waals surface area contributed by atoms with Crippen LogP contribution in [0.2, 0.25) is 0 Å².